The lowest BCUT2D eigenvalue weighted by Crippen LogP contribution is -2.05. The molecule has 1 saturated heterocycles. The van der Waals surface area contributed by atoms with Gasteiger partial charge in [0.15, 0.2) is 0 Å². The Bertz CT molecular complexity index is 341. The van der Waals surface area contributed by atoms with E-state index < -0.39 is 11.6 Å². The van der Waals surface area contributed by atoms with Crippen molar-refractivity contribution in [1.82, 2.24) is 0 Å². The number of halogens is 3. The highest BCUT2D eigenvalue weighted by molar-refractivity contribution is 9.10. The van der Waals surface area contributed by atoms with Gasteiger partial charge in [-0.25, -0.2) is 8.78 Å². The van der Waals surface area contributed by atoms with Gasteiger partial charge in [0.1, 0.15) is 11.6 Å². The molecule has 82 valence electrons. The van der Waals surface area contributed by atoms with Crippen LogP contribution in [0.2, 0.25) is 0 Å². The number of hydrogen-bond acceptors (Lipinski definition) is 2. The fourth-order valence-electron chi connectivity index (χ4n) is 1.43. The summed E-state index contributed by atoms with van der Waals surface area (Å²) in [5.41, 5.74) is 0.216. The minimum absolute atomic E-state index is 0.0909. The van der Waals surface area contributed by atoms with E-state index in [1.807, 2.05) is 0 Å². The molecule has 1 heterocycles. The Kier molecular flexibility index (Phi) is 3.96. The molecule has 0 unspecified atom stereocenters. The minimum Gasteiger partial charge on any atom is -0.206 e. The maximum absolute atomic E-state index is 13.6. The van der Waals surface area contributed by atoms with Crippen molar-refractivity contribution in [3.05, 3.63) is 33.8 Å². The molecular weight excluding hydrogens is 302 g/mol. The van der Waals surface area contributed by atoms with E-state index in [2.05, 4.69) is 15.9 Å². The van der Waals surface area contributed by atoms with Crippen molar-refractivity contribution in [3.63, 3.8) is 0 Å². The van der Waals surface area contributed by atoms with Crippen molar-refractivity contribution >= 4 is 39.5 Å². The van der Waals surface area contributed by atoms with E-state index in [1.165, 1.54) is 12.1 Å². The zero-order chi connectivity index (χ0) is 10.8. The Balaban J connectivity index is 2.33. The van der Waals surface area contributed by atoms with Gasteiger partial charge in [0.2, 0.25) is 0 Å². The molecule has 1 aliphatic rings. The van der Waals surface area contributed by atoms with Gasteiger partial charge in [0, 0.05) is 10.0 Å². The Hall–Kier alpha value is 0.260. The average molecular weight is 311 g/mol. The van der Waals surface area contributed by atoms with Gasteiger partial charge < -0.3 is 0 Å². The zero-order valence-electron chi connectivity index (χ0n) is 7.80. The van der Waals surface area contributed by atoms with Crippen LogP contribution in [0, 0.1) is 11.6 Å². The zero-order valence-corrected chi connectivity index (χ0v) is 11.0. The molecule has 0 aliphatic carbocycles. The molecule has 0 amide bonds. The maximum Gasteiger partial charge on any atom is 0.132 e. The predicted octanol–water partition coefficient (Wildman–Crippen LogP) is 4.60. The van der Waals surface area contributed by atoms with Crippen molar-refractivity contribution in [2.75, 3.05) is 11.5 Å². The van der Waals surface area contributed by atoms with E-state index in [0.717, 1.165) is 17.9 Å². The summed E-state index contributed by atoms with van der Waals surface area (Å²) < 4.78 is 27.6. The van der Waals surface area contributed by atoms with Gasteiger partial charge in [0.25, 0.3) is 0 Å². The molecule has 0 nitrogen and oxygen atoms in total. The van der Waals surface area contributed by atoms with E-state index in [0.29, 0.717) is 4.47 Å². The third kappa shape index (κ3) is 2.68. The van der Waals surface area contributed by atoms with Crippen LogP contribution in [0.1, 0.15) is 16.6 Å². The monoisotopic (exact) mass is 310 g/mol. The smallest absolute Gasteiger partial charge is 0.132 e. The first-order valence-corrected chi connectivity index (χ1v) is 7.45. The second-order valence-corrected chi connectivity index (χ2v) is 6.85. The van der Waals surface area contributed by atoms with E-state index in [4.69, 9.17) is 0 Å². The largest absolute Gasteiger partial charge is 0.206 e. The molecule has 15 heavy (non-hydrogen) atoms. The molecule has 0 spiro atoms. The average Bonchev–Trinajstić information content (AvgIpc) is 2.17. The van der Waals surface area contributed by atoms with Crippen molar-refractivity contribution in [1.29, 1.82) is 0 Å². The number of thioether (sulfide) groups is 2. The molecular formula is C10H9BrF2S2. The van der Waals surface area contributed by atoms with Crippen LogP contribution in [0.4, 0.5) is 8.78 Å². The Morgan fingerprint density at radius 2 is 1.67 bits per heavy atom. The summed E-state index contributed by atoms with van der Waals surface area (Å²) in [6.45, 7) is 0. The lowest BCUT2D eigenvalue weighted by atomic mass is 10.2. The molecule has 5 heteroatoms. The van der Waals surface area contributed by atoms with Crippen molar-refractivity contribution in [2.45, 2.75) is 11.0 Å². The minimum atomic E-state index is -0.450. The molecule has 1 fully saturated rings. The SMILES string of the molecule is Fc1cc(Br)cc(F)c1C1SCCCS1. The Morgan fingerprint density at radius 1 is 1.13 bits per heavy atom. The van der Waals surface area contributed by atoms with Gasteiger partial charge in [-0.15, -0.1) is 23.5 Å². The molecule has 0 saturated carbocycles. The van der Waals surface area contributed by atoms with Crippen LogP contribution in [-0.2, 0) is 0 Å². The standard InChI is InChI=1S/C10H9BrF2S2/c11-6-4-7(12)9(8(13)5-6)10-14-2-1-3-15-10/h4-5,10H,1-3H2. The summed E-state index contributed by atoms with van der Waals surface area (Å²) >= 11 is 6.31. The molecule has 1 aromatic carbocycles. The van der Waals surface area contributed by atoms with Crippen molar-refractivity contribution in [2.24, 2.45) is 0 Å². The van der Waals surface area contributed by atoms with E-state index in [9.17, 15) is 8.78 Å². The Morgan fingerprint density at radius 3 is 2.20 bits per heavy atom. The van der Waals surface area contributed by atoms with Crippen molar-refractivity contribution < 1.29 is 8.78 Å². The number of benzene rings is 1. The van der Waals surface area contributed by atoms with Crippen LogP contribution in [0.3, 0.4) is 0 Å². The van der Waals surface area contributed by atoms with Crippen molar-refractivity contribution in [3.8, 4) is 0 Å². The quantitative estimate of drug-likeness (QED) is 0.743. The summed E-state index contributed by atoms with van der Waals surface area (Å²) in [4.78, 5) is 0. The van der Waals surface area contributed by atoms with Crippen LogP contribution in [-0.4, -0.2) is 11.5 Å². The van der Waals surface area contributed by atoms with Gasteiger partial charge >= 0.3 is 0 Å². The highest BCUT2D eigenvalue weighted by Gasteiger charge is 2.23. The highest BCUT2D eigenvalue weighted by Crippen LogP contribution is 2.45. The van der Waals surface area contributed by atoms with Crippen LogP contribution in [0.5, 0.6) is 0 Å². The topological polar surface area (TPSA) is 0 Å². The summed E-state index contributed by atoms with van der Waals surface area (Å²) in [6, 6.07) is 2.66. The molecule has 0 N–H and O–H groups in total. The maximum atomic E-state index is 13.6. The van der Waals surface area contributed by atoms with Crippen LogP contribution in [0.15, 0.2) is 16.6 Å². The first-order valence-electron chi connectivity index (χ1n) is 4.56. The molecule has 0 bridgehead atoms. The van der Waals surface area contributed by atoms with Gasteiger partial charge in [-0.1, -0.05) is 15.9 Å². The van der Waals surface area contributed by atoms with E-state index >= 15 is 0 Å². The second kappa shape index (κ2) is 5.06. The van der Waals surface area contributed by atoms with Crippen LogP contribution < -0.4 is 0 Å². The lowest BCUT2D eigenvalue weighted by molar-refractivity contribution is 0.563. The van der Waals surface area contributed by atoms with Gasteiger partial charge in [0.05, 0.1) is 4.58 Å². The van der Waals surface area contributed by atoms with Gasteiger partial charge in [-0.05, 0) is 30.1 Å². The summed E-state index contributed by atoms with van der Waals surface area (Å²) in [5, 5.41) is 0. The highest BCUT2D eigenvalue weighted by atomic mass is 79.9. The summed E-state index contributed by atoms with van der Waals surface area (Å²) in [6.07, 6.45) is 1.12. The Labute approximate surface area is 104 Å². The fraction of sp³-hybridized carbons (Fsp3) is 0.400. The van der Waals surface area contributed by atoms with Crippen LogP contribution >= 0.6 is 39.5 Å². The first-order chi connectivity index (χ1) is 7.18. The second-order valence-electron chi connectivity index (χ2n) is 3.21. The normalized spacial score (nSPS) is 18.1. The molecule has 0 atom stereocenters. The number of hydrogen-bond donors (Lipinski definition) is 0. The third-order valence-electron chi connectivity index (χ3n) is 2.11. The van der Waals surface area contributed by atoms with Gasteiger partial charge in [-0.3, -0.25) is 0 Å². The summed E-state index contributed by atoms with van der Waals surface area (Å²) in [5.74, 6) is 1.06. The molecule has 2 rings (SSSR count). The molecule has 1 aromatic rings. The van der Waals surface area contributed by atoms with Gasteiger partial charge in [-0.2, -0.15) is 0 Å². The lowest BCUT2D eigenvalue weighted by Gasteiger charge is -2.22. The molecule has 0 radical (unpaired) electrons. The third-order valence-corrected chi connectivity index (χ3v) is 5.51. The number of rotatable bonds is 1. The van der Waals surface area contributed by atoms with E-state index in [1.54, 1.807) is 23.5 Å². The van der Waals surface area contributed by atoms with E-state index in [-0.39, 0.29) is 10.1 Å². The first kappa shape index (κ1) is 11.7. The van der Waals surface area contributed by atoms with Crippen LogP contribution in [0.25, 0.3) is 0 Å². The fourth-order valence-corrected chi connectivity index (χ4v) is 4.81. The predicted molar refractivity (Wildman–Crippen MR) is 66.3 cm³/mol. The molecule has 0 aromatic heterocycles. The summed E-state index contributed by atoms with van der Waals surface area (Å²) in [7, 11) is 0. The molecule has 1 aliphatic heterocycles.